The normalized spacial score (nSPS) is 13.0. The van der Waals surface area contributed by atoms with E-state index in [1.54, 1.807) is 0 Å². The number of hydrogen-bond acceptors (Lipinski definition) is 3. The SMILES string of the molecule is CCCC(N)C(=O)NC(c1ccccc1)c1cc2ccccc2o1.Cl. The molecule has 3 N–H and O–H groups in total. The van der Waals surface area contributed by atoms with Crippen LogP contribution in [-0.4, -0.2) is 11.9 Å². The first-order chi connectivity index (χ1) is 11.7. The van der Waals surface area contributed by atoms with Crippen LogP contribution >= 0.6 is 12.4 Å². The van der Waals surface area contributed by atoms with E-state index < -0.39 is 6.04 Å². The Kier molecular flexibility index (Phi) is 6.62. The van der Waals surface area contributed by atoms with Crippen molar-refractivity contribution in [2.75, 3.05) is 0 Å². The molecule has 3 aromatic rings. The molecule has 0 radical (unpaired) electrons. The van der Waals surface area contributed by atoms with Gasteiger partial charge in [-0.05, 0) is 24.1 Å². The van der Waals surface area contributed by atoms with Gasteiger partial charge in [-0.3, -0.25) is 4.79 Å². The summed E-state index contributed by atoms with van der Waals surface area (Å²) in [4.78, 5) is 12.4. The van der Waals surface area contributed by atoms with E-state index in [0.717, 1.165) is 23.0 Å². The fraction of sp³-hybridized carbons (Fsp3) is 0.250. The number of hydrogen-bond donors (Lipinski definition) is 2. The lowest BCUT2D eigenvalue weighted by atomic mass is 10.0. The number of fused-ring (bicyclic) bond motifs is 1. The molecule has 0 aliphatic rings. The summed E-state index contributed by atoms with van der Waals surface area (Å²) in [6.45, 7) is 2.01. The summed E-state index contributed by atoms with van der Waals surface area (Å²) in [6, 6.07) is 18.7. The average Bonchev–Trinajstić information content (AvgIpc) is 3.04. The van der Waals surface area contributed by atoms with E-state index in [-0.39, 0.29) is 24.4 Å². The largest absolute Gasteiger partial charge is 0.459 e. The van der Waals surface area contributed by atoms with Crippen molar-refractivity contribution in [3.8, 4) is 0 Å². The zero-order valence-corrected chi connectivity index (χ0v) is 15.0. The molecule has 132 valence electrons. The molecule has 0 bridgehead atoms. The third kappa shape index (κ3) is 4.41. The molecule has 5 heteroatoms. The first kappa shape index (κ1) is 19.0. The summed E-state index contributed by atoms with van der Waals surface area (Å²) in [6.07, 6.45) is 1.53. The molecular weight excluding hydrogens is 336 g/mol. The highest BCUT2D eigenvalue weighted by molar-refractivity contribution is 5.85. The molecule has 2 atom stereocenters. The second kappa shape index (κ2) is 8.70. The molecule has 25 heavy (non-hydrogen) atoms. The van der Waals surface area contributed by atoms with Gasteiger partial charge in [-0.1, -0.05) is 61.9 Å². The third-order valence-electron chi connectivity index (χ3n) is 4.09. The van der Waals surface area contributed by atoms with Gasteiger partial charge < -0.3 is 15.5 Å². The van der Waals surface area contributed by atoms with Crippen molar-refractivity contribution in [2.45, 2.75) is 31.8 Å². The topological polar surface area (TPSA) is 68.3 Å². The van der Waals surface area contributed by atoms with Crippen molar-refractivity contribution >= 4 is 29.3 Å². The van der Waals surface area contributed by atoms with Crippen LogP contribution in [0.5, 0.6) is 0 Å². The van der Waals surface area contributed by atoms with E-state index in [1.807, 2.05) is 67.6 Å². The fourth-order valence-electron chi connectivity index (χ4n) is 2.80. The van der Waals surface area contributed by atoms with E-state index in [2.05, 4.69) is 5.32 Å². The van der Waals surface area contributed by atoms with Gasteiger partial charge >= 0.3 is 0 Å². The second-order valence-electron chi connectivity index (χ2n) is 5.93. The minimum Gasteiger partial charge on any atom is -0.459 e. The van der Waals surface area contributed by atoms with Crippen LogP contribution in [0.3, 0.4) is 0 Å². The predicted octanol–water partition coefficient (Wildman–Crippen LogP) is 4.19. The Morgan fingerprint density at radius 3 is 2.48 bits per heavy atom. The van der Waals surface area contributed by atoms with Crippen LogP contribution in [-0.2, 0) is 4.79 Å². The lowest BCUT2D eigenvalue weighted by Crippen LogP contribution is -2.42. The Morgan fingerprint density at radius 2 is 1.80 bits per heavy atom. The van der Waals surface area contributed by atoms with Crippen LogP contribution < -0.4 is 11.1 Å². The molecule has 0 spiro atoms. The van der Waals surface area contributed by atoms with Crippen molar-refractivity contribution in [3.05, 3.63) is 72.0 Å². The van der Waals surface area contributed by atoms with Gasteiger partial charge in [0, 0.05) is 5.39 Å². The number of carbonyl (C=O) groups is 1. The number of amides is 1. The molecule has 0 aliphatic carbocycles. The highest BCUT2D eigenvalue weighted by Gasteiger charge is 2.23. The Hall–Kier alpha value is -2.30. The van der Waals surface area contributed by atoms with Crippen LogP contribution in [0.1, 0.15) is 37.1 Å². The highest BCUT2D eigenvalue weighted by Crippen LogP contribution is 2.28. The van der Waals surface area contributed by atoms with E-state index >= 15 is 0 Å². The summed E-state index contributed by atoms with van der Waals surface area (Å²) in [7, 11) is 0. The van der Waals surface area contributed by atoms with E-state index in [4.69, 9.17) is 10.2 Å². The van der Waals surface area contributed by atoms with Crippen LogP contribution in [0.15, 0.2) is 65.1 Å². The average molecular weight is 359 g/mol. The maximum atomic E-state index is 12.4. The molecule has 0 fully saturated rings. The number of halogens is 1. The van der Waals surface area contributed by atoms with E-state index in [1.165, 1.54) is 0 Å². The second-order valence-corrected chi connectivity index (χ2v) is 5.93. The van der Waals surface area contributed by atoms with Crippen LogP contribution in [0.2, 0.25) is 0 Å². The number of rotatable bonds is 6. The van der Waals surface area contributed by atoms with E-state index in [0.29, 0.717) is 12.2 Å². The Bertz CT molecular complexity index is 784. The van der Waals surface area contributed by atoms with Crippen molar-refractivity contribution < 1.29 is 9.21 Å². The van der Waals surface area contributed by atoms with Gasteiger partial charge in [0.2, 0.25) is 5.91 Å². The molecule has 0 aliphatic heterocycles. The van der Waals surface area contributed by atoms with E-state index in [9.17, 15) is 4.79 Å². The molecule has 3 rings (SSSR count). The summed E-state index contributed by atoms with van der Waals surface area (Å²) in [5, 5.41) is 4.05. The van der Waals surface area contributed by atoms with Gasteiger partial charge in [0.25, 0.3) is 0 Å². The summed E-state index contributed by atoms with van der Waals surface area (Å²) in [5.74, 6) is 0.547. The smallest absolute Gasteiger partial charge is 0.237 e. The minimum absolute atomic E-state index is 0. The molecule has 4 nitrogen and oxygen atoms in total. The molecule has 0 saturated carbocycles. The van der Waals surface area contributed by atoms with Gasteiger partial charge in [-0.15, -0.1) is 12.4 Å². The molecule has 1 heterocycles. The maximum absolute atomic E-state index is 12.4. The molecule has 2 unspecified atom stereocenters. The Balaban J connectivity index is 0.00000225. The number of benzene rings is 2. The Morgan fingerprint density at radius 1 is 1.12 bits per heavy atom. The summed E-state index contributed by atoms with van der Waals surface area (Å²) in [5.41, 5.74) is 7.74. The lowest BCUT2D eigenvalue weighted by Gasteiger charge is -2.19. The standard InChI is InChI=1S/C20H22N2O2.ClH/c1-2-8-16(21)20(23)22-19(14-9-4-3-5-10-14)18-13-15-11-6-7-12-17(15)24-18;/h3-7,9-13,16,19H,2,8,21H2,1H3,(H,22,23);1H. The van der Waals surface area contributed by atoms with Crippen molar-refractivity contribution in [3.63, 3.8) is 0 Å². The maximum Gasteiger partial charge on any atom is 0.237 e. The summed E-state index contributed by atoms with van der Waals surface area (Å²) < 4.78 is 5.97. The molecular formula is C20H23ClN2O2. The van der Waals surface area contributed by atoms with Crippen LogP contribution in [0.4, 0.5) is 0 Å². The van der Waals surface area contributed by atoms with Crippen molar-refractivity contribution in [2.24, 2.45) is 5.73 Å². The first-order valence-electron chi connectivity index (χ1n) is 8.28. The third-order valence-corrected chi connectivity index (χ3v) is 4.09. The quantitative estimate of drug-likeness (QED) is 0.694. The molecule has 1 aromatic heterocycles. The summed E-state index contributed by atoms with van der Waals surface area (Å²) >= 11 is 0. The lowest BCUT2D eigenvalue weighted by molar-refractivity contribution is -0.123. The number of nitrogens with two attached hydrogens (primary N) is 1. The Labute approximate surface area is 153 Å². The van der Waals surface area contributed by atoms with Gasteiger partial charge in [-0.2, -0.15) is 0 Å². The zero-order valence-electron chi connectivity index (χ0n) is 14.1. The van der Waals surface area contributed by atoms with Crippen LogP contribution in [0, 0.1) is 0 Å². The van der Waals surface area contributed by atoms with Crippen molar-refractivity contribution in [1.82, 2.24) is 5.32 Å². The number of furan rings is 1. The highest BCUT2D eigenvalue weighted by atomic mass is 35.5. The van der Waals surface area contributed by atoms with Crippen molar-refractivity contribution in [1.29, 1.82) is 0 Å². The number of carbonyl (C=O) groups excluding carboxylic acids is 1. The van der Waals surface area contributed by atoms with Gasteiger partial charge in [0.15, 0.2) is 0 Å². The molecule has 2 aromatic carbocycles. The predicted molar refractivity (Wildman–Crippen MR) is 103 cm³/mol. The minimum atomic E-state index is -0.509. The van der Waals surface area contributed by atoms with Gasteiger partial charge in [-0.25, -0.2) is 0 Å². The number of nitrogens with one attached hydrogen (secondary N) is 1. The van der Waals surface area contributed by atoms with Gasteiger partial charge in [0.05, 0.1) is 6.04 Å². The monoisotopic (exact) mass is 358 g/mol. The van der Waals surface area contributed by atoms with Crippen LogP contribution in [0.25, 0.3) is 11.0 Å². The first-order valence-corrected chi connectivity index (χ1v) is 8.28. The number of para-hydroxylation sites is 1. The van der Waals surface area contributed by atoms with Gasteiger partial charge in [0.1, 0.15) is 17.4 Å². The zero-order chi connectivity index (χ0) is 16.9. The fourth-order valence-corrected chi connectivity index (χ4v) is 2.80. The molecule has 0 saturated heterocycles. The molecule has 1 amide bonds.